The predicted octanol–water partition coefficient (Wildman–Crippen LogP) is 5.86. The summed E-state index contributed by atoms with van der Waals surface area (Å²) >= 11 is 0. The minimum atomic E-state index is -0.559. The Morgan fingerprint density at radius 3 is 2.35 bits per heavy atom. The predicted molar refractivity (Wildman–Crippen MR) is 156 cm³/mol. The van der Waals surface area contributed by atoms with E-state index in [1.165, 1.54) is 17.7 Å². The molecule has 5 aromatic rings. The van der Waals surface area contributed by atoms with E-state index in [0.717, 1.165) is 34.0 Å². The van der Waals surface area contributed by atoms with Crippen molar-refractivity contribution in [1.82, 2.24) is 30.1 Å². The highest BCUT2D eigenvalue weighted by atomic mass is 19.1. The molecule has 3 aromatic carbocycles. The van der Waals surface area contributed by atoms with Gasteiger partial charge in [0.25, 0.3) is 5.56 Å². The van der Waals surface area contributed by atoms with Crippen molar-refractivity contribution in [3.8, 4) is 0 Å². The Labute approximate surface area is 233 Å². The third kappa shape index (κ3) is 5.72. The molecule has 206 valence electrons. The molecule has 0 aliphatic carbocycles. The molecule has 8 heteroatoms. The van der Waals surface area contributed by atoms with E-state index in [0.29, 0.717) is 24.5 Å². The molecule has 40 heavy (non-hydrogen) atoms. The summed E-state index contributed by atoms with van der Waals surface area (Å²) in [4.78, 5) is 19.2. The normalized spacial score (nSPS) is 12.8. The molecule has 7 nitrogen and oxygen atoms in total. The fourth-order valence-electron chi connectivity index (χ4n) is 5.18. The molecule has 0 spiro atoms. The molecule has 0 saturated carbocycles. The lowest BCUT2D eigenvalue weighted by molar-refractivity contribution is 0.195. The first kappa shape index (κ1) is 27.4. The summed E-state index contributed by atoms with van der Waals surface area (Å²) < 4.78 is 15.6. The number of fused-ring (bicyclic) bond motifs is 1. The van der Waals surface area contributed by atoms with Crippen LogP contribution in [0.3, 0.4) is 0 Å². The molecule has 0 fully saturated rings. The zero-order valence-electron chi connectivity index (χ0n) is 23.6. The van der Waals surface area contributed by atoms with Gasteiger partial charge in [0.05, 0.1) is 11.1 Å². The third-order valence-electron chi connectivity index (χ3n) is 7.34. The lowest BCUT2D eigenvalue weighted by Gasteiger charge is -2.33. The number of aromatic amines is 1. The van der Waals surface area contributed by atoms with Gasteiger partial charge < -0.3 is 4.98 Å². The number of nitrogens with one attached hydrogen (secondary N) is 1. The first-order chi connectivity index (χ1) is 19.1. The van der Waals surface area contributed by atoms with Crippen molar-refractivity contribution < 1.29 is 4.39 Å². The van der Waals surface area contributed by atoms with Gasteiger partial charge in [-0.2, -0.15) is 0 Å². The highest BCUT2D eigenvalue weighted by Crippen LogP contribution is 2.32. The van der Waals surface area contributed by atoms with Crippen LogP contribution < -0.4 is 5.56 Å². The number of rotatable bonds is 8. The second-order valence-corrected chi connectivity index (χ2v) is 11.4. The van der Waals surface area contributed by atoms with Crippen LogP contribution in [0.15, 0.2) is 77.6 Å². The minimum absolute atomic E-state index is 0.182. The Hall–Kier alpha value is -4.17. The second-order valence-electron chi connectivity index (χ2n) is 11.4. The van der Waals surface area contributed by atoms with Gasteiger partial charge >= 0.3 is 0 Å². The Bertz CT molecular complexity index is 1670. The number of tetrazole rings is 1. The molecule has 2 heterocycles. The van der Waals surface area contributed by atoms with Crippen LogP contribution in [-0.4, -0.2) is 36.6 Å². The van der Waals surface area contributed by atoms with Crippen molar-refractivity contribution in [3.05, 3.63) is 123 Å². The average Bonchev–Trinajstić information content (AvgIpc) is 3.42. The van der Waals surface area contributed by atoms with E-state index in [1.54, 1.807) is 16.8 Å². The van der Waals surface area contributed by atoms with Crippen molar-refractivity contribution in [3.63, 3.8) is 0 Å². The van der Waals surface area contributed by atoms with Crippen molar-refractivity contribution in [1.29, 1.82) is 0 Å². The summed E-state index contributed by atoms with van der Waals surface area (Å²) in [6.07, 6.45) is 0.749. The van der Waals surface area contributed by atoms with Crippen LogP contribution in [0.4, 0.5) is 4.39 Å². The molecule has 0 radical (unpaired) electrons. The molecule has 0 aliphatic heterocycles. The third-order valence-corrected chi connectivity index (χ3v) is 7.34. The summed E-state index contributed by atoms with van der Waals surface area (Å²) in [6.45, 7) is 11.2. The number of aromatic nitrogens is 5. The van der Waals surface area contributed by atoms with Crippen LogP contribution in [0.5, 0.6) is 0 Å². The fraction of sp³-hybridized carbons (Fsp3) is 0.312. The maximum atomic E-state index is 13.9. The molecule has 1 N–H and O–H groups in total. The maximum absolute atomic E-state index is 13.9. The molecule has 2 aromatic heterocycles. The molecular weight excluding hydrogens is 503 g/mol. The van der Waals surface area contributed by atoms with Gasteiger partial charge in [-0.3, -0.25) is 9.69 Å². The van der Waals surface area contributed by atoms with E-state index in [1.807, 2.05) is 65.0 Å². The fourth-order valence-corrected chi connectivity index (χ4v) is 5.18. The Morgan fingerprint density at radius 1 is 0.950 bits per heavy atom. The highest BCUT2D eigenvalue weighted by molar-refractivity contribution is 5.85. The topological polar surface area (TPSA) is 79.7 Å². The van der Waals surface area contributed by atoms with Gasteiger partial charge in [-0.1, -0.05) is 54.6 Å². The number of halogens is 1. The van der Waals surface area contributed by atoms with Gasteiger partial charge in [0, 0.05) is 24.0 Å². The number of H-pyrrole nitrogens is 1. The Balaban J connectivity index is 1.71. The van der Waals surface area contributed by atoms with Crippen molar-refractivity contribution >= 4 is 10.9 Å². The van der Waals surface area contributed by atoms with Gasteiger partial charge in [0.2, 0.25) is 0 Å². The molecule has 0 amide bonds. The van der Waals surface area contributed by atoms with Crippen LogP contribution in [0.25, 0.3) is 10.9 Å². The maximum Gasteiger partial charge on any atom is 0.253 e. The van der Waals surface area contributed by atoms with Crippen LogP contribution >= 0.6 is 0 Å². The van der Waals surface area contributed by atoms with E-state index in [4.69, 9.17) is 0 Å². The number of hydrogen-bond donors (Lipinski definition) is 1. The van der Waals surface area contributed by atoms with Gasteiger partial charge in [-0.15, -0.1) is 5.10 Å². The van der Waals surface area contributed by atoms with Crippen LogP contribution in [0, 0.1) is 19.7 Å². The largest absolute Gasteiger partial charge is 0.321 e. The number of benzene rings is 3. The second kappa shape index (κ2) is 11.1. The van der Waals surface area contributed by atoms with Gasteiger partial charge in [0.1, 0.15) is 11.9 Å². The number of hydrogen-bond acceptors (Lipinski definition) is 5. The van der Waals surface area contributed by atoms with Crippen LogP contribution in [0.2, 0.25) is 0 Å². The molecule has 0 aliphatic rings. The minimum Gasteiger partial charge on any atom is -0.321 e. The van der Waals surface area contributed by atoms with Crippen molar-refractivity contribution in [2.75, 3.05) is 6.54 Å². The SMILES string of the molecule is Cc1ccc(C)c2[nH]c(=O)c([C@H](c3nnnn3C(C)(C)C)N(CCc3ccccc3)Cc3ccc(F)cc3)cc12. The summed E-state index contributed by atoms with van der Waals surface area (Å²) in [7, 11) is 0. The molecule has 0 unspecified atom stereocenters. The van der Waals surface area contributed by atoms with Gasteiger partial charge in [-0.05, 0) is 91.9 Å². The molecule has 0 bridgehead atoms. The van der Waals surface area contributed by atoms with Crippen molar-refractivity contribution in [2.45, 2.75) is 59.2 Å². The number of pyridine rings is 1. The van der Waals surface area contributed by atoms with E-state index in [2.05, 4.69) is 43.6 Å². The van der Waals surface area contributed by atoms with Gasteiger partial charge in [0.15, 0.2) is 5.82 Å². The zero-order valence-corrected chi connectivity index (χ0v) is 23.6. The Morgan fingerprint density at radius 2 is 1.65 bits per heavy atom. The average molecular weight is 539 g/mol. The highest BCUT2D eigenvalue weighted by Gasteiger charge is 2.33. The smallest absolute Gasteiger partial charge is 0.253 e. The first-order valence-corrected chi connectivity index (χ1v) is 13.6. The molecule has 0 saturated heterocycles. The monoisotopic (exact) mass is 538 g/mol. The number of nitrogens with zero attached hydrogens (tertiary/aromatic N) is 5. The van der Waals surface area contributed by atoms with E-state index in [-0.39, 0.29) is 11.4 Å². The summed E-state index contributed by atoms with van der Waals surface area (Å²) in [5.74, 6) is 0.294. The lowest BCUT2D eigenvalue weighted by Crippen LogP contribution is -2.38. The van der Waals surface area contributed by atoms with Crippen molar-refractivity contribution in [2.24, 2.45) is 0 Å². The van der Waals surface area contributed by atoms with E-state index < -0.39 is 11.6 Å². The molecular formula is C32H35FN6O. The van der Waals surface area contributed by atoms with E-state index in [9.17, 15) is 9.18 Å². The molecule has 5 rings (SSSR count). The van der Waals surface area contributed by atoms with Gasteiger partial charge in [-0.25, -0.2) is 9.07 Å². The standard InChI is InChI=1S/C32H35FN6O/c1-21-11-12-22(2)28-26(21)19-27(31(40)34-28)29(30-35-36-37-39(30)32(3,4)5)38(18-17-23-9-7-6-8-10-23)20-24-13-15-25(33)16-14-24/h6-16,19,29H,17-18,20H2,1-5H3,(H,34,40)/t29-/m1/s1. The lowest BCUT2D eigenvalue weighted by atomic mass is 9.98. The Kier molecular flexibility index (Phi) is 7.63. The summed E-state index contributed by atoms with van der Waals surface area (Å²) in [5, 5.41) is 13.9. The zero-order chi connectivity index (χ0) is 28.4. The van der Waals surface area contributed by atoms with E-state index >= 15 is 0 Å². The van der Waals surface area contributed by atoms with Crippen LogP contribution in [-0.2, 0) is 18.5 Å². The van der Waals surface area contributed by atoms with Crippen LogP contribution in [0.1, 0.15) is 60.5 Å². The summed E-state index contributed by atoms with van der Waals surface area (Å²) in [6, 6.07) is 22.3. The first-order valence-electron chi connectivity index (χ1n) is 13.6. The quantitative estimate of drug-likeness (QED) is 0.268. The number of aryl methyl sites for hydroxylation is 2. The molecule has 1 atom stereocenters. The summed E-state index contributed by atoms with van der Waals surface area (Å²) in [5.41, 5.74) is 4.98.